The number of rotatable bonds is 6. The fourth-order valence-corrected chi connectivity index (χ4v) is 5.24. The topological polar surface area (TPSA) is 109 Å². The maximum Gasteiger partial charge on any atom is 0.339 e. The van der Waals surface area contributed by atoms with Crippen molar-refractivity contribution in [2.24, 2.45) is 5.92 Å². The summed E-state index contributed by atoms with van der Waals surface area (Å²) in [6.07, 6.45) is 4.81. The third-order valence-electron chi connectivity index (χ3n) is 7.62. The van der Waals surface area contributed by atoms with Gasteiger partial charge in [0.15, 0.2) is 6.61 Å². The predicted molar refractivity (Wildman–Crippen MR) is 128 cm³/mol. The van der Waals surface area contributed by atoms with Crippen molar-refractivity contribution in [3.63, 3.8) is 0 Å². The van der Waals surface area contributed by atoms with Gasteiger partial charge >= 0.3 is 5.63 Å². The van der Waals surface area contributed by atoms with Gasteiger partial charge in [-0.05, 0) is 57.7 Å². The third kappa shape index (κ3) is 4.82. The standard InChI is InChI=1S/C26H34N2O6/c1-16-17(2)25(31)34-24-18(3)21(8-7-20(16)24)33-15-22(29)27-12-9-23(30)28-13-11-26(32)10-5-4-6-19(26)14-28/h7-8,19,32H,4-6,9-15H2,1-3H3,(H,27,29). The second-order valence-electron chi connectivity index (χ2n) is 9.73. The van der Waals surface area contributed by atoms with E-state index in [1.165, 1.54) is 0 Å². The van der Waals surface area contributed by atoms with Crippen LogP contribution in [-0.4, -0.2) is 53.7 Å². The largest absolute Gasteiger partial charge is 0.483 e. The molecule has 2 atom stereocenters. The van der Waals surface area contributed by atoms with Crippen LogP contribution >= 0.6 is 0 Å². The molecule has 2 unspecified atom stereocenters. The van der Waals surface area contributed by atoms with Crippen LogP contribution in [0, 0.1) is 26.7 Å². The van der Waals surface area contributed by atoms with Gasteiger partial charge in [0.25, 0.3) is 5.91 Å². The van der Waals surface area contributed by atoms with Crippen molar-refractivity contribution >= 4 is 22.8 Å². The molecule has 0 bridgehead atoms. The Morgan fingerprint density at radius 1 is 1.18 bits per heavy atom. The summed E-state index contributed by atoms with van der Waals surface area (Å²) in [5.74, 6) is 0.303. The number of fused-ring (bicyclic) bond motifs is 2. The summed E-state index contributed by atoms with van der Waals surface area (Å²) in [6, 6.07) is 3.59. The normalized spacial score (nSPS) is 22.4. The number of hydrogen-bond acceptors (Lipinski definition) is 6. The van der Waals surface area contributed by atoms with Crippen molar-refractivity contribution in [1.29, 1.82) is 0 Å². The van der Waals surface area contributed by atoms with Crippen LogP contribution in [-0.2, 0) is 9.59 Å². The zero-order chi connectivity index (χ0) is 24.5. The maximum absolute atomic E-state index is 12.6. The van der Waals surface area contributed by atoms with Crippen LogP contribution in [0.4, 0.5) is 0 Å². The number of nitrogens with one attached hydrogen (secondary N) is 1. The average molecular weight is 471 g/mol. The number of aliphatic hydroxyl groups is 1. The number of carbonyl (C=O) groups excluding carboxylic acids is 2. The Kier molecular flexibility index (Phi) is 6.98. The highest BCUT2D eigenvalue weighted by atomic mass is 16.5. The fourth-order valence-electron chi connectivity index (χ4n) is 5.24. The lowest BCUT2D eigenvalue weighted by atomic mass is 9.71. The van der Waals surface area contributed by atoms with Crippen LogP contribution in [0.15, 0.2) is 21.3 Å². The second-order valence-corrected chi connectivity index (χ2v) is 9.73. The van der Waals surface area contributed by atoms with Gasteiger partial charge in [-0.1, -0.05) is 12.8 Å². The summed E-state index contributed by atoms with van der Waals surface area (Å²) < 4.78 is 11.1. The molecule has 1 aromatic carbocycles. The van der Waals surface area contributed by atoms with Crippen LogP contribution in [0.25, 0.3) is 11.0 Å². The number of likely N-dealkylation sites (tertiary alicyclic amines) is 1. The van der Waals surface area contributed by atoms with E-state index in [1.807, 2.05) is 17.9 Å². The Balaban J connectivity index is 1.26. The summed E-state index contributed by atoms with van der Waals surface area (Å²) in [5, 5.41) is 14.4. The van der Waals surface area contributed by atoms with E-state index in [1.54, 1.807) is 19.9 Å². The molecule has 2 amide bonds. The first-order valence-electron chi connectivity index (χ1n) is 12.1. The number of aryl methyl sites for hydroxylation is 2. The van der Waals surface area contributed by atoms with Gasteiger partial charge in [0.1, 0.15) is 11.3 Å². The van der Waals surface area contributed by atoms with Gasteiger partial charge in [-0.2, -0.15) is 0 Å². The van der Waals surface area contributed by atoms with Crippen molar-refractivity contribution in [1.82, 2.24) is 10.2 Å². The lowest BCUT2D eigenvalue weighted by molar-refractivity contribution is -0.143. The van der Waals surface area contributed by atoms with Gasteiger partial charge in [0.05, 0.1) is 5.60 Å². The molecule has 184 valence electrons. The number of carbonyl (C=O) groups is 2. The van der Waals surface area contributed by atoms with Crippen LogP contribution in [0.1, 0.15) is 55.2 Å². The zero-order valence-electron chi connectivity index (χ0n) is 20.2. The number of piperidine rings is 1. The van der Waals surface area contributed by atoms with Crippen LogP contribution in [0.5, 0.6) is 5.75 Å². The van der Waals surface area contributed by atoms with Crippen LogP contribution < -0.4 is 15.7 Å². The van der Waals surface area contributed by atoms with Crippen molar-refractivity contribution in [3.05, 3.63) is 39.2 Å². The summed E-state index contributed by atoms with van der Waals surface area (Å²) in [4.78, 5) is 38.7. The van der Waals surface area contributed by atoms with Crippen molar-refractivity contribution < 1.29 is 23.8 Å². The van der Waals surface area contributed by atoms with E-state index in [2.05, 4.69) is 5.32 Å². The van der Waals surface area contributed by atoms with Gasteiger partial charge in [0, 0.05) is 48.5 Å². The van der Waals surface area contributed by atoms with E-state index in [-0.39, 0.29) is 42.9 Å². The molecular weight excluding hydrogens is 436 g/mol. The van der Waals surface area contributed by atoms with E-state index in [9.17, 15) is 19.5 Å². The molecule has 0 radical (unpaired) electrons. The zero-order valence-corrected chi connectivity index (χ0v) is 20.2. The van der Waals surface area contributed by atoms with E-state index in [0.717, 1.165) is 36.6 Å². The molecule has 2 aliphatic rings. The Morgan fingerprint density at radius 3 is 2.76 bits per heavy atom. The number of nitrogens with zero attached hydrogens (tertiary/aromatic N) is 1. The first-order valence-corrected chi connectivity index (χ1v) is 12.1. The summed E-state index contributed by atoms with van der Waals surface area (Å²) in [6.45, 7) is 6.60. The summed E-state index contributed by atoms with van der Waals surface area (Å²) in [7, 11) is 0. The van der Waals surface area contributed by atoms with E-state index in [4.69, 9.17) is 9.15 Å². The minimum atomic E-state index is -0.610. The molecule has 2 N–H and O–H groups in total. The van der Waals surface area contributed by atoms with Gasteiger partial charge in [-0.15, -0.1) is 0 Å². The molecule has 1 aromatic heterocycles. The SMILES string of the molecule is Cc1c(C)c2ccc(OCC(=O)NCCC(=O)N3CCC4(O)CCCCC4C3)c(C)c2oc1=O. The predicted octanol–water partition coefficient (Wildman–Crippen LogP) is 2.76. The number of hydrogen-bond donors (Lipinski definition) is 2. The average Bonchev–Trinajstić information content (AvgIpc) is 2.82. The Bertz CT molecular complexity index is 1160. The smallest absolute Gasteiger partial charge is 0.339 e. The molecule has 1 saturated heterocycles. The molecule has 0 spiro atoms. The Morgan fingerprint density at radius 2 is 1.97 bits per heavy atom. The van der Waals surface area contributed by atoms with Gasteiger partial charge < -0.3 is 24.5 Å². The molecule has 8 nitrogen and oxygen atoms in total. The highest BCUT2D eigenvalue weighted by molar-refractivity contribution is 5.86. The Labute approximate surface area is 199 Å². The molecule has 4 rings (SSSR count). The molecule has 2 aromatic rings. The molecule has 2 heterocycles. The van der Waals surface area contributed by atoms with Gasteiger partial charge in [-0.25, -0.2) is 4.79 Å². The van der Waals surface area contributed by atoms with Crippen LogP contribution in [0.2, 0.25) is 0 Å². The van der Waals surface area contributed by atoms with Crippen molar-refractivity contribution in [3.8, 4) is 5.75 Å². The molecule has 1 aliphatic heterocycles. The monoisotopic (exact) mass is 470 g/mol. The third-order valence-corrected chi connectivity index (χ3v) is 7.62. The van der Waals surface area contributed by atoms with E-state index >= 15 is 0 Å². The Hall–Kier alpha value is -2.87. The first kappa shape index (κ1) is 24.3. The minimum absolute atomic E-state index is 0.0000857. The first-order chi connectivity index (χ1) is 16.2. The van der Waals surface area contributed by atoms with Crippen LogP contribution in [0.3, 0.4) is 0 Å². The highest BCUT2D eigenvalue weighted by Crippen LogP contribution is 2.39. The van der Waals surface area contributed by atoms with Gasteiger partial charge in [0.2, 0.25) is 5.91 Å². The molecule has 2 fully saturated rings. The quantitative estimate of drug-likeness (QED) is 0.629. The maximum atomic E-state index is 12.6. The van der Waals surface area contributed by atoms with Crippen molar-refractivity contribution in [2.75, 3.05) is 26.2 Å². The molecule has 34 heavy (non-hydrogen) atoms. The lowest BCUT2D eigenvalue weighted by Crippen LogP contribution is -2.54. The fraction of sp³-hybridized carbons (Fsp3) is 0.577. The van der Waals surface area contributed by atoms with Gasteiger partial charge in [-0.3, -0.25) is 9.59 Å². The number of benzene rings is 1. The molecule has 1 saturated carbocycles. The molecule has 8 heteroatoms. The lowest BCUT2D eigenvalue weighted by Gasteiger charge is -2.47. The second kappa shape index (κ2) is 9.78. The summed E-state index contributed by atoms with van der Waals surface area (Å²) in [5.41, 5.74) is 1.58. The highest BCUT2D eigenvalue weighted by Gasteiger charge is 2.43. The molecular formula is C26H34N2O6. The van der Waals surface area contributed by atoms with E-state index < -0.39 is 5.60 Å². The van der Waals surface area contributed by atoms with Crippen molar-refractivity contribution in [2.45, 2.75) is 64.9 Å². The number of ether oxygens (including phenoxy) is 1. The molecule has 1 aliphatic carbocycles. The summed E-state index contributed by atoms with van der Waals surface area (Å²) >= 11 is 0. The van der Waals surface area contributed by atoms with E-state index in [0.29, 0.717) is 42.0 Å². The minimum Gasteiger partial charge on any atom is -0.483 e. The number of amides is 2.